The van der Waals surface area contributed by atoms with E-state index in [0.29, 0.717) is 5.56 Å². The maximum absolute atomic E-state index is 12.0. The van der Waals surface area contributed by atoms with E-state index in [0.717, 1.165) is 6.26 Å². The van der Waals surface area contributed by atoms with Crippen molar-refractivity contribution in [2.75, 3.05) is 17.3 Å². The molecule has 6 nitrogen and oxygen atoms in total. The number of hydrogen-bond donors (Lipinski definition) is 2. The molecule has 3 N–H and O–H groups in total. The zero-order chi connectivity index (χ0) is 16.4. The minimum Gasteiger partial charge on any atom is -0.383 e. The van der Waals surface area contributed by atoms with Crippen molar-refractivity contribution < 1.29 is 13.2 Å². The molecule has 0 saturated carbocycles. The Kier molecular flexibility index (Phi) is 4.64. The van der Waals surface area contributed by atoms with Crippen molar-refractivity contribution in [2.24, 2.45) is 5.41 Å². The lowest BCUT2D eigenvalue weighted by Crippen LogP contribution is -2.29. The van der Waals surface area contributed by atoms with Gasteiger partial charge in [0.1, 0.15) is 10.7 Å². The Labute approximate surface area is 125 Å². The van der Waals surface area contributed by atoms with Crippen LogP contribution in [0.5, 0.6) is 0 Å². The molecule has 1 rings (SSSR count). The van der Waals surface area contributed by atoms with Gasteiger partial charge in [-0.25, -0.2) is 13.4 Å². The van der Waals surface area contributed by atoms with Gasteiger partial charge in [0.05, 0.1) is 5.56 Å². The predicted molar refractivity (Wildman–Crippen MR) is 82.4 cm³/mol. The normalized spacial score (nSPS) is 11.5. The van der Waals surface area contributed by atoms with Gasteiger partial charge < -0.3 is 11.1 Å². The second-order valence-corrected chi connectivity index (χ2v) is 7.60. The summed E-state index contributed by atoms with van der Waals surface area (Å²) in [5.74, 6) is 4.96. The first-order valence-electron chi connectivity index (χ1n) is 6.21. The van der Waals surface area contributed by atoms with E-state index in [1.165, 1.54) is 6.07 Å². The second-order valence-electron chi connectivity index (χ2n) is 5.62. The third-order valence-corrected chi connectivity index (χ3v) is 3.70. The van der Waals surface area contributed by atoms with Gasteiger partial charge in [0.15, 0.2) is 15.7 Å². The van der Waals surface area contributed by atoms with Crippen LogP contribution in [0.1, 0.15) is 33.3 Å². The van der Waals surface area contributed by atoms with E-state index in [2.05, 4.69) is 22.1 Å². The van der Waals surface area contributed by atoms with E-state index in [9.17, 15) is 13.2 Å². The summed E-state index contributed by atoms with van der Waals surface area (Å²) in [6.45, 7) is 6.74. The molecule has 1 amide bonds. The number of amides is 1. The summed E-state index contributed by atoms with van der Waals surface area (Å²) in [4.78, 5) is 15.9. The van der Waals surface area contributed by atoms with Gasteiger partial charge in [-0.15, -0.1) is 5.92 Å². The second kappa shape index (κ2) is 5.74. The third-order valence-electron chi connectivity index (χ3n) is 2.59. The lowest BCUT2D eigenvalue weighted by Gasteiger charge is -2.18. The van der Waals surface area contributed by atoms with Crippen LogP contribution >= 0.6 is 0 Å². The number of nitrogen functional groups attached to an aromatic ring is 1. The van der Waals surface area contributed by atoms with Crippen molar-refractivity contribution in [3.8, 4) is 11.8 Å². The van der Waals surface area contributed by atoms with Gasteiger partial charge in [-0.2, -0.15) is 0 Å². The van der Waals surface area contributed by atoms with Crippen LogP contribution in [0.3, 0.4) is 0 Å². The molecule has 1 heterocycles. The largest absolute Gasteiger partial charge is 0.383 e. The number of nitrogens with two attached hydrogens (primary N) is 1. The molecule has 0 saturated heterocycles. The van der Waals surface area contributed by atoms with Crippen LogP contribution in [-0.4, -0.2) is 25.6 Å². The van der Waals surface area contributed by atoms with E-state index < -0.39 is 15.3 Å². The van der Waals surface area contributed by atoms with Crippen molar-refractivity contribution in [1.29, 1.82) is 0 Å². The number of hydrogen-bond acceptors (Lipinski definition) is 5. The first kappa shape index (κ1) is 17.0. The molecular weight excluding hydrogens is 290 g/mol. The molecule has 0 aliphatic rings. The SMILES string of the molecule is CC#Cc1cc(S(C)(=O)=O)c(NC(=O)C(C)(C)C)nc1N. The Bertz CT molecular complexity index is 735. The Morgan fingerprint density at radius 3 is 2.38 bits per heavy atom. The molecule has 0 aliphatic heterocycles. The zero-order valence-electron chi connectivity index (χ0n) is 12.7. The first-order chi connectivity index (χ1) is 9.46. The fourth-order valence-corrected chi connectivity index (χ4v) is 2.19. The molecule has 0 radical (unpaired) electrons. The summed E-state index contributed by atoms with van der Waals surface area (Å²) in [6.07, 6.45) is 1.04. The molecule has 0 unspecified atom stereocenters. The van der Waals surface area contributed by atoms with E-state index >= 15 is 0 Å². The number of carbonyl (C=O) groups excluding carboxylic acids is 1. The lowest BCUT2D eigenvalue weighted by molar-refractivity contribution is -0.123. The maximum atomic E-state index is 12.0. The van der Waals surface area contributed by atoms with Crippen LogP contribution in [0.2, 0.25) is 0 Å². The molecule has 1 aromatic heterocycles. The summed E-state index contributed by atoms with van der Waals surface area (Å²) in [7, 11) is -3.58. The highest BCUT2D eigenvalue weighted by Gasteiger charge is 2.25. The Balaban J connectivity index is 3.47. The first-order valence-corrected chi connectivity index (χ1v) is 8.10. The number of carbonyl (C=O) groups is 1. The molecule has 7 heteroatoms. The van der Waals surface area contributed by atoms with Gasteiger partial charge in [-0.3, -0.25) is 4.79 Å². The molecule has 0 bridgehead atoms. The minimum atomic E-state index is -3.58. The van der Waals surface area contributed by atoms with E-state index in [4.69, 9.17) is 5.73 Å². The Morgan fingerprint density at radius 2 is 1.95 bits per heavy atom. The zero-order valence-corrected chi connectivity index (χ0v) is 13.6. The lowest BCUT2D eigenvalue weighted by atomic mass is 9.96. The van der Waals surface area contributed by atoms with Crippen molar-refractivity contribution in [1.82, 2.24) is 4.98 Å². The number of sulfone groups is 1. The monoisotopic (exact) mass is 309 g/mol. The van der Waals surface area contributed by atoms with Gasteiger partial charge in [-0.05, 0) is 13.0 Å². The fourth-order valence-electron chi connectivity index (χ4n) is 1.41. The summed E-state index contributed by atoms with van der Waals surface area (Å²) in [5.41, 5.74) is 5.37. The molecular formula is C14H19N3O3S. The number of pyridine rings is 1. The number of aromatic nitrogens is 1. The molecule has 0 atom stereocenters. The average molecular weight is 309 g/mol. The van der Waals surface area contributed by atoms with Gasteiger partial charge in [0.25, 0.3) is 0 Å². The fraction of sp³-hybridized carbons (Fsp3) is 0.429. The van der Waals surface area contributed by atoms with Crippen LogP contribution in [0.15, 0.2) is 11.0 Å². The Morgan fingerprint density at radius 1 is 1.38 bits per heavy atom. The summed E-state index contributed by atoms with van der Waals surface area (Å²) >= 11 is 0. The van der Waals surface area contributed by atoms with E-state index in [1.807, 2.05) is 0 Å². The highest BCUT2D eigenvalue weighted by atomic mass is 32.2. The maximum Gasteiger partial charge on any atom is 0.230 e. The van der Waals surface area contributed by atoms with Crippen molar-refractivity contribution in [2.45, 2.75) is 32.6 Å². The van der Waals surface area contributed by atoms with Crippen molar-refractivity contribution >= 4 is 27.4 Å². The van der Waals surface area contributed by atoms with Gasteiger partial charge >= 0.3 is 0 Å². The predicted octanol–water partition coefficient (Wildman–Crippen LogP) is 1.42. The average Bonchev–Trinajstić information content (AvgIpc) is 2.29. The molecule has 0 fully saturated rings. The third kappa shape index (κ3) is 4.20. The quantitative estimate of drug-likeness (QED) is 0.804. The van der Waals surface area contributed by atoms with Gasteiger partial charge in [-0.1, -0.05) is 26.7 Å². The Hall–Kier alpha value is -2.07. The summed E-state index contributed by atoms with van der Waals surface area (Å²) in [5, 5.41) is 2.51. The standard InChI is InChI=1S/C14H19N3O3S/c1-6-7-9-8-10(21(5,19)20)12(16-11(9)15)17-13(18)14(2,3)4/h8H,1-5H3,(H3,15,16,17,18). The highest BCUT2D eigenvalue weighted by molar-refractivity contribution is 7.90. The van der Waals surface area contributed by atoms with Gasteiger partial charge in [0, 0.05) is 11.7 Å². The minimum absolute atomic E-state index is 0.0703. The van der Waals surface area contributed by atoms with Crippen LogP contribution in [0.4, 0.5) is 11.6 Å². The van der Waals surface area contributed by atoms with E-state index in [1.54, 1.807) is 27.7 Å². The highest BCUT2D eigenvalue weighted by Crippen LogP contribution is 2.25. The number of anilines is 2. The summed E-state index contributed by atoms with van der Waals surface area (Å²) < 4.78 is 23.7. The molecule has 0 aromatic carbocycles. The van der Waals surface area contributed by atoms with Crippen LogP contribution in [-0.2, 0) is 14.6 Å². The van der Waals surface area contributed by atoms with Gasteiger partial charge in [0.2, 0.25) is 5.91 Å². The van der Waals surface area contributed by atoms with Crippen molar-refractivity contribution in [3.05, 3.63) is 11.6 Å². The number of nitrogens with zero attached hydrogens (tertiary/aromatic N) is 1. The number of rotatable bonds is 2. The number of nitrogens with one attached hydrogen (secondary N) is 1. The topological polar surface area (TPSA) is 102 Å². The van der Waals surface area contributed by atoms with Crippen molar-refractivity contribution in [3.63, 3.8) is 0 Å². The molecule has 21 heavy (non-hydrogen) atoms. The smallest absolute Gasteiger partial charge is 0.230 e. The molecule has 0 spiro atoms. The summed E-state index contributed by atoms with van der Waals surface area (Å²) in [6, 6.07) is 1.33. The molecule has 114 valence electrons. The van der Waals surface area contributed by atoms with E-state index in [-0.39, 0.29) is 22.4 Å². The van der Waals surface area contributed by atoms with Crippen LogP contribution in [0, 0.1) is 17.3 Å². The van der Waals surface area contributed by atoms with Crippen LogP contribution < -0.4 is 11.1 Å². The van der Waals surface area contributed by atoms with Crippen LogP contribution in [0.25, 0.3) is 0 Å². The molecule has 1 aromatic rings. The molecule has 0 aliphatic carbocycles.